The van der Waals surface area contributed by atoms with Crippen molar-refractivity contribution >= 4 is 17.3 Å². The van der Waals surface area contributed by atoms with Crippen LogP contribution in [-0.4, -0.2) is 12.0 Å². The summed E-state index contributed by atoms with van der Waals surface area (Å²) < 4.78 is 5.06. The molecule has 0 heterocycles. The molecule has 21 heavy (non-hydrogen) atoms. The number of ether oxygens (including phenoxy) is 1. The van der Waals surface area contributed by atoms with Crippen molar-refractivity contribution in [3.8, 4) is 11.8 Å². The normalized spacial score (nSPS) is 10.8. The fourth-order valence-corrected chi connectivity index (χ4v) is 1.88. The zero-order valence-electron chi connectivity index (χ0n) is 11.3. The lowest BCUT2D eigenvalue weighted by molar-refractivity contribution is -0.385. The number of nitrogens with zero attached hydrogens (tertiary/aromatic N) is 2. The van der Waals surface area contributed by atoms with Gasteiger partial charge in [-0.3, -0.25) is 10.1 Å². The van der Waals surface area contributed by atoms with Crippen molar-refractivity contribution in [1.29, 1.82) is 5.26 Å². The molecule has 0 aliphatic carbocycles. The Morgan fingerprint density at radius 3 is 2.48 bits per heavy atom. The van der Waals surface area contributed by atoms with Crippen LogP contribution in [0.3, 0.4) is 0 Å². The van der Waals surface area contributed by atoms with E-state index in [2.05, 4.69) is 6.07 Å². The van der Waals surface area contributed by atoms with Gasteiger partial charge < -0.3 is 4.74 Å². The topological polar surface area (TPSA) is 76.2 Å². The van der Waals surface area contributed by atoms with E-state index in [4.69, 9.17) is 4.74 Å². The average Bonchev–Trinajstić information content (AvgIpc) is 2.53. The molecule has 0 unspecified atom stereocenters. The Morgan fingerprint density at radius 2 is 1.90 bits per heavy atom. The van der Waals surface area contributed by atoms with Gasteiger partial charge in [0.15, 0.2) is 0 Å². The second kappa shape index (κ2) is 6.35. The first-order valence-electron chi connectivity index (χ1n) is 6.15. The molecule has 0 amide bonds. The zero-order chi connectivity index (χ0) is 15.2. The van der Waals surface area contributed by atoms with Gasteiger partial charge in [0.1, 0.15) is 5.75 Å². The summed E-state index contributed by atoms with van der Waals surface area (Å²) in [6.45, 7) is 0. The van der Waals surface area contributed by atoms with Crippen molar-refractivity contribution in [3.63, 3.8) is 0 Å². The van der Waals surface area contributed by atoms with Gasteiger partial charge in [0, 0.05) is 6.07 Å². The Kier molecular flexibility index (Phi) is 4.32. The minimum atomic E-state index is -0.463. The van der Waals surface area contributed by atoms with Crippen LogP contribution >= 0.6 is 0 Å². The van der Waals surface area contributed by atoms with Crippen LogP contribution in [0.1, 0.15) is 11.1 Å². The quantitative estimate of drug-likeness (QED) is 0.370. The summed E-state index contributed by atoms with van der Waals surface area (Å²) in [4.78, 5) is 10.5. The summed E-state index contributed by atoms with van der Waals surface area (Å²) in [7, 11) is 1.56. The second-order valence-corrected chi connectivity index (χ2v) is 4.21. The van der Waals surface area contributed by atoms with Crippen LogP contribution in [0.5, 0.6) is 5.75 Å². The van der Waals surface area contributed by atoms with Gasteiger partial charge in [-0.05, 0) is 42.0 Å². The Bertz CT molecular complexity index is 728. The summed E-state index contributed by atoms with van der Waals surface area (Å²) in [6.07, 6.45) is 1.51. The summed E-state index contributed by atoms with van der Waals surface area (Å²) in [5, 5.41) is 20.3. The maximum Gasteiger partial charge on any atom is 0.276 e. The molecule has 5 nitrogen and oxygen atoms in total. The highest BCUT2D eigenvalue weighted by Crippen LogP contribution is 2.25. The molecule has 0 fully saturated rings. The maximum atomic E-state index is 11.0. The molecule has 0 spiro atoms. The third-order valence-electron chi connectivity index (χ3n) is 2.95. The highest BCUT2D eigenvalue weighted by molar-refractivity contribution is 5.91. The summed E-state index contributed by atoms with van der Waals surface area (Å²) >= 11 is 0. The smallest absolute Gasteiger partial charge is 0.276 e. The van der Waals surface area contributed by atoms with Gasteiger partial charge >= 0.3 is 0 Å². The average molecular weight is 280 g/mol. The third-order valence-corrected chi connectivity index (χ3v) is 2.95. The van der Waals surface area contributed by atoms with Crippen LogP contribution in [0.25, 0.3) is 11.6 Å². The Morgan fingerprint density at radius 1 is 1.24 bits per heavy atom. The molecule has 2 aromatic rings. The molecule has 104 valence electrons. The zero-order valence-corrected chi connectivity index (χ0v) is 11.3. The van der Waals surface area contributed by atoms with Gasteiger partial charge in [-0.2, -0.15) is 5.26 Å². The van der Waals surface area contributed by atoms with Crippen molar-refractivity contribution in [2.75, 3.05) is 7.11 Å². The number of rotatable bonds is 4. The van der Waals surface area contributed by atoms with Crippen molar-refractivity contribution in [3.05, 3.63) is 69.8 Å². The van der Waals surface area contributed by atoms with E-state index in [0.29, 0.717) is 22.4 Å². The van der Waals surface area contributed by atoms with Crippen molar-refractivity contribution in [1.82, 2.24) is 0 Å². The first-order chi connectivity index (χ1) is 10.2. The van der Waals surface area contributed by atoms with E-state index in [1.54, 1.807) is 49.6 Å². The van der Waals surface area contributed by atoms with Gasteiger partial charge in [-0.15, -0.1) is 0 Å². The van der Waals surface area contributed by atoms with Gasteiger partial charge in [0.05, 0.1) is 29.2 Å². The van der Waals surface area contributed by atoms with Gasteiger partial charge in [-0.1, -0.05) is 12.1 Å². The summed E-state index contributed by atoms with van der Waals surface area (Å²) in [6, 6.07) is 15.3. The van der Waals surface area contributed by atoms with Crippen LogP contribution in [0.15, 0.2) is 48.5 Å². The molecule has 0 radical (unpaired) electrons. The number of hydrogen-bond donors (Lipinski definition) is 0. The molecule has 2 rings (SSSR count). The minimum Gasteiger partial charge on any atom is -0.497 e. The fraction of sp³-hybridized carbons (Fsp3) is 0.0625. The largest absolute Gasteiger partial charge is 0.497 e. The number of methoxy groups -OCH3 is 1. The third kappa shape index (κ3) is 3.25. The van der Waals surface area contributed by atoms with Gasteiger partial charge in [0.25, 0.3) is 5.69 Å². The van der Waals surface area contributed by atoms with E-state index in [1.807, 2.05) is 0 Å². The SMILES string of the molecule is COc1ccc(/C(C#N)=C\c2ccccc2[N+](=O)[O-])cc1. The monoisotopic (exact) mass is 280 g/mol. The summed E-state index contributed by atoms with van der Waals surface area (Å²) in [5.41, 5.74) is 1.40. The molecule has 0 aliphatic rings. The van der Waals surface area contributed by atoms with E-state index in [9.17, 15) is 15.4 Å². The summed E-state index contributed by atoms with van der Waals surface area (Å²) in [5.74, 6) is 0.682. The van der Waals surface area contributed by atoms with Crippen LogP contribution < -0.4 is 4.74 Å². The standard InChI is InChI=1S/C16H12N2O3/c1-21-15-8-6-12(7-9-15)14(11-17)10-13-4-2-3-5-16(13)18(19)20/h2-10H,1H3/b14-10-. The number of nitriles is 1. The van der Waals surface area contributed by atoms with E-state index in [0.717, 1.165) is 0 Å². The van der Waals surface area contributed by atoms with E-state index < -0.39 is 4.92 Å². The first-order valence-corrected chi connectivity index (χ1v) is 6.15. The fourth-order valence-electron chi connectivity index (χ4n) is 1.88. The van der Waals surface area contributed by atoms with E-state index in [-0.39, 0.29) is 5.69 Å². The first kappa shape index (κ1) is 14.3. The lowest BCUT2D eigenvalue weighted by atomic mass is 10.0. The van der Waals surface area contributed by atoms with Crippen molar-refractivity contribution < 1.29 is 9.66 Å². The number of para-hydroxylation sites is 1. The molecule has 0 bridgehead atoms. The molecule has 0 saturated heterocycles. The minimum absolute atomic E-state index is 0.0289. The molecule has 0 aromatic heterocycles. The van der Waals surface area contributed by atoms with Crippen LogP contribution in [-0.2, 0) is 0 Å². The predicted molar refractivity (Wildman–Crippen MR) is 79.6 cm³/mol. The van der Waals surface area contributed by atoms with E-state index in [1.165, 1.54) is 12.1 Å². The van der Waals surface area contributed by atoms with Crippen LogP contribution in [0.4, 0.5) is 5.69 Å². The highest BCUT2D eigenvalue weighted by atomic mass is 16.6. The Labute approximate surface area is 121 Å². The van der Waals surface area contributed by atoms with Gasteiger partial charge in [0.2, 0.25) is 0 Å². The van der Waals surface area contributed by atoms with Crippen LogP contribution in [0, 0.1) is 21.4 Å². The van der Waals surface area contributed by atoms with Crippen molar-refractivity contribution in [2.45, 2.75) is 0 Å². The lowest BCUT2D eigenvalue weighted by Crippen LogP contribution is -1.91. The molecule has 0 atom stereocenters. The Balaban J connectivity index is 2.46. The lowest BCUT2D eigenvalue weighted by Gasteiger charge is -2.03. The van der Waals surface area contributed by atoms with E-state index >= 15 is 0 Å². The number of nitro benzene ring substituents is 1. The molecule has 5 heteroatoms. The molecule has 2 aromatic carbocycles. The van der Waals surface area contributed by atoms with Crippen molar-refractivity contribution in [2.24, 2.45) is 0 Å². The Hall–Kier alpha value is -3.13. The van der Waals surface area contributed by atoms with Crippen LogP contribution in [0.2, 0.25) is 0 Å². The number of nitro groups is 1. The molecular formula is C16H12N2O3. The number of hydrogen-bond acceptors (Lipinski definition) is 4. The number of allylic oxidation sites excluding steroid dienone is 1. The maximum absolute atomic E-state index is 11.0. The van der Waals surface area contributed by atoms with Gasteiger partial charge in [-0.25, -0.2) is 0 Å². The molecule has 0 N–H and O–H groups in total. The molecule has 0 saturated carbocycles. The highest BCUT2D eigenvalue weighted by Gasteiger charge is 2.11. The predicted octanol–water partition coefficient (Wildman–Crippen LogP) is 3.67. The molecular weight excluding hydrogens is 268 g/mol. The second-order valence-electron chi connectivity index (χ2n) is 4.21. The number of benzene rings is 2. The molecule has 0 aliphatic heterocycles.